The fourth-order valence-electron chi connectivity index (χ4n) is 4.52. The summed E-state index contributed by atoms with van der Waals surface area (Å²) < 4.78 is 21.8. The van der Waals surface area contributed by atoms with Crippen LogP contribution in [0.5, 0.6) is 0 Å². The van der Waals surface area contributed by atoms with Crippen LogP contribution in [0.1, 0.15) is 52.4 Å². The monoisotopic (exact) mass is 412 g/mol. The van der Waals surface area contributed by atoms with E-state index in [0.29, 0.717) is 6.42 Å². The van der Waals surface area contributed by atoms with Gasteiger partial charge < -0.3 is 14.2 Å². The second-order valence-electron chi connectivity index (χ2n) is 8.06. The van der Waals surface area contributed by atoms with Crippen molar-refractivity contribution in [3.8, 4) is 0 Å². The largest absolute Gasteiger partial charge is 0.459 e. The summed E-state index contributed by atoms with van der Waals surface area (Å²) in [4.78, 5) is 37.3. The highest BCUT2D eigenvalue weighted by molar-refractivity contribution is 7.97. The summed E-state index contributed by atoms with van der Waals surface area (Å²) in [6.45, 7) is 7.35. The van der Waals surface area contributed by atoms with E-state index < -0.39 is 41.6 Å². The molecule has 0 aromatic rings. The standard InChI is InChI=1S/C20H28O7S/c1-4-28-24-11-17(21)25-15-10-14(13-9-16(15)26-18(13)22)19(23)27-20(12(2)3)7-5-6-8-20/h4,12-16H,1,5-11H2,2-3H3. The van der Waals surface area contributed by atoms with Crippen LogP contribution >= 0.6 is 12.0 Å². The van der Waals surface area contributed by atoms with E-state index in [0.717, 1.165) is 37.7 Å². The topological polar surface area (TPSA) is 88.1 Å². The zero-order valence-electron chi connectivity index (χ0n) is 16.4. The SMILES string of the molecule is C=CSOCC(=O)OC1CC(C(=O)OC2(C(C)C)CCCC2)C2CC1OC2=O. The van der Waals surface area contributed by atoms with E-state index in [1.54, 1.807) is 0 Å². The number of esters is 3. The van der Waals surface area contributed by atoms with Gasteiger partial charge in [0.1, 0.15) is 17.8 Å². The maximum atomic E-state index is 13.0. The molecule has 1 saturated heterocycles. The smallest absolute Gasteiger partial charge is 0.333 e. The van der Waals surface area contributed by atoms with E-state index in [9.17, 15) is 14.4 Å². The summed E-state index contributed by atoms with van der Waals surface area (Å²) >= 11 is 0.943. The molecular weight excluding hydrogens is 384 g/mol. The summed E-state index contributed by atoms with van der Waals surface area (Å²) in [7, 11) is 0. The maximum absolute atomic E-state index is 13.0. The number of fused-ring (bicyclic) bond motifs is 2. The molecule has 1 aliphatic heterocycles. The first-order chi connectivity index (χ1) is 13.4. The second kappa shape index (κ2) is 8.86. The molecule has 3 rings (SSSR count). The van der Waals surface area contributed by atoms with E-state index in [1.807, 2.05) is 0 Å². The van der Waals surface area contributed by atoms with Gasteiger partial charge in [-0.25, -0.2) is 4.79 Å². The molecule has 1 heterocycles. The maximum Gasteiger partial charge on any atom is 0.333 e. The Morgan fingerprint density at radius 1 is 1.32 bits per heavy atom. The molecule has 0 N–H and O–H groups in total. The molecule has 3 aliphatic rings. The Balaban J connectivity index is 1.66. The summed E-state index contributed by atoms with van der Waals surface area (Å²) in [6, 6.07) is 0. The van der Waals surface area contributed by atoms with E-state index in [1.165, 1.54) is 5.41 Å². The molecule has 2 saturated carbocycles. The zero-order chi connectivity index (χ0) is 20.3. The minimum Gasteiger partial charge on any atom is -0.459 e. The van der Waals surface area contributed by atoms with Crippen molar-refractivity contribution < 1.29 is 32.8 Å². The van der Waals surface area contributed by atoms with Gasteiger partial charge in [-0.3, -0.25) is 13.8 Å². The van der Waals surface area contributed by atoms with Crippen LogP contribution in [0.2, 0.25) is 0 Å². The molecule has 2 bridgehead atoms. The first-order valence-corrected chi connectivity index (χ1v) is 10.7. The van der Waals surface area contributed by atoms with Crippen LogP contribution in [0.15, 0.2) is 12.0 Å². The fraction of sp³-hybridized carbons (Fsp3) is 0.750. The number of hydrogen-bond donors (Lipinski definition) is 0. The van der Waals surface area contributed by atoms with Gasteiger partial charge in [0.15, 0.2) is 6.61 Å². The van der Waals surface area contributed by atoms with Gasteiger partial charge in [-0.15, -0.1) is 0 Å². The van der Waals surface area contributed by atoms with Crippen molar-refractivity contribution >= 4 is 30.0 Å². The predicted molar refractivity (Wildman–Crippen MR) is 102 cm³/mol. The Morgan fingerprint density at radius 2 is 2.04 bits per heavy atom. The molecule has 0 radical (unpaired) electrons. The molecule has 2 aliphatic carbocycles. The van der Waals surface area contributed by atoms with Crippen LogP contribution in [0.4, 0.5) is 0 Å². The number of carbonyl (C=O) groups is 3. The Morgan fingerprint density at radius 3 is 2.68 bits per heavy atom. The van der Waals surface area contributed by atoms with Crippen molar-refractivity contribution in [1.29, 1.82) is 0 Å². The first-order valence-electron chi connectivity index (χ1n) is 9.88. The molecule has 4 unspecified atom stereocenters. The minimum atomic E-state index is -0.663. The first kappa shape index (κ1) is 21.2. The Hall–Kier alpha value is -1.54. The van der Waals surface area contributed by atoms with Crippen LogP contribution in [0.3, 0.4) is 0 Å². The number of carbonyl (C=O) groups excluding carboxylic acids is 3. The van der Waals surface area contributed by atoms with Gasteiger partial charge in [0.05, 0.1) is 11.8 Å². The van der Waals surface area contributed by atoms with Crippen molar-refractivity contribution in [3.63, 3.8) is 0 Å². The van der Waals surface area contributed by atoms with Crippen molar-refractivity contribution in [1.82, 2.24) is 0 Å². The highest BCUT2D eigenvalue weighted by atomic mass is 32.2. The van der Waals surface area contributed by atoms with Crippen LogP contribution in [-0.2, 0) is 32.8 Å². The van der Waals surface area contributed by atoms with Gasteiger partial charge in [-0.1, -0.05) is 20.4 Å². The molecular formula is C20H28O7S. The third-order valence-electron chi connectivity index (χ3n) is 6.15. The molecule has 7 nitrogen and oxygen atoms in total. The number of rotatable bonds is 8. The van der Waals surface area contributed by atoms with E-state index in [4.69, 9.17) is 18.4 Å². The van der Waals surface area contributed by atoms with Gasteiger partial charge in [-0.05, 0) is 37.0 Å². The number of hydrogen-bond acceptors (Lipinski definition) is 8. The summed E-state index contributed by atoms with van der Waals surface area (Å²) in [5.41, 5.74) is -0.460. The molecule has 0 aromatic heterocycles. The normalized spacial score (nSPS) is 30.8. The van der Waals surface area contributed by atoms with E-state index in [-0.39, 0.29) is 24.9 Å². The van der Waals surface area contributed by atoms with Gasteiger partial charge in [0, 0.05) is 24.9 Å². The van der Waals surface area contributed by atoms with Crippen LogP contribution in [0, 0.1) is 17.8 Å². The van der Waals surface area contributed by atoms with E-state index >= 15 is 0 Å². The predicted octanol–water partition coefficient (Wildman–Crippen LogP) is 3.17. The van der Waals surface area contributed by atoms with Crippen molar-refractivity contribution in [2.75, 3.05) is 6.61 Å². The summed E-state index contributed by atoms with van der Waals surface area (Å²) in [6.07, 6.45) is 3.18. The Kier molecular flexibility index (Phi) is 6.70. The lowest BCUT2D eigenvalue weighted by Crippen LogP contribution is -2.45. The van der Waals surface area contributed by atoms with Gasteiger partial charge in [0.2, 0.25) is 0 Å². The summed E-state index contributed by atoms with van der Waals surface area (Å²) in [5, 5.41) is 1.46. The average Bonchev–Trinajstić information content (AvgIpc) is 3.24. The molecule has 0 amide bonds. The van der Waals surface area contributed by atoms with Crippen LogP contribution in [0.25, 0.3) is 0 Å². The summed E-state index contributed by atoms with van der Waals surface area (Å²) in [5.74, 6) is -2.32. The fourth-order valence-corrected chi connectivity index (χ4v) is 4.78. The molecule has 8 heteroatoms. The van der Waals surface area contributed by atoms with Crippen molar-refractivity contribution in [2.24, 2.45) is 17.8 Å². The van der Waals surface area contributed by atoms with E-state index in [2.05, 4.69) is 20.4 Å². The molecule has 3 fully saturated rings. The zero-order valence-corrected chi connectivity index (χ0v) is 17.2. The van der Waals surface area contributed by atoms with Crippen molar-refractivity contribution in [3.05, 3.63) is 12.0 Å². The Bertz CT molecular complexity index is 626. The van der Waals surface area contributed by atoms with Crippen molar-refractivity contribution in [2.45, 2.75) is 70.2 Å². The highest BCUT2D eigenvalue weighted by Gasteiger charge is 2.54. The molecule has 0 spiro atoms. The van der Waals surface area contributed by atoms with Crippen LogP contribution in [-0.4, -0.2) is 42.3 Å². The minimum absolute atomic E-state index is 0.207. The third kappa shape index (κ3) is 4.38. The molecule has 156 valence electrons. The molecule has 4 atom stereocenters. The number of ether oxygens (including phenoxy) is 3. The highest BCUT2D eigenvalue weighted by Crippen LogP contribution is 2.44. The van der Waals surface area contributed by atoms with Gasteiger partial charge in [0.25, 0.3) is 0 Å². The molecule has 28 heavy (non-hydrogen) atoms. The Labute approximate surface area is 169 Å². The molecule has 0 aromatic carbocycles. The van der Waals surface area contributed by atoms with Crippen LogP contribution < -0.4 is 0 Å². The third-order valence-corrected chi connectivity index (χ3v) is 6.54. The lowest BCUT2D eigenvalue weighted by atomic mass is 9.78. The second-order valence-corrected chi connectivity index (χ2v) is 8.82. The lowest BCUT2D eigenvalue weighted by Gasteiger charge is -2.36. The van der Waals surface area contributed by atoms with Gasteiger partial charge in [-0.2, -0.15) is 0 Å². The lowest BCUT2D eigenvalue weighted by molar-refractivity contribution is -0.177. The van der Waals surface area contributed by atoms with Gasteiger partial charge >= 0.3 is 17.9 Å². The quantitative estimate of drug-likeness (QED) is 0.260. The average molecular weight is 413 g/mol.